The molecule has 0 aliphatic carbocycles. The van der Waals surface area contributed by atoms with Crippen LogP contribution in [0.5, 0.6) is 0 Å². The zero-order valence-corrected chi connectivity index (χ0v) is 16.4. The Hall–Kier alpha value is -3.35. The highest BCUT2D eigenvalue weighted by Gasteiger charge is 2.29. The summed E-state index contributed by atoms with van der Waals surface area (Å²) in [6, 6.07) is 15.3. The van der Waals surface area contributed by atoms with Crippen molar-refractivity contribution in [1.82, 2.24) is 10.4 Å². The minimum Gasteiger partial charge on any atom is -0.438 e. The number of benzene rings is 2. The zero-order chi connectivity index (χ0) is 20.7. The van der Waals surface area contributed by atoms with Crippen LogP contribution in [0.2, 0.25) is 0 Å². The van der Waals surface area contributed by atoms with Crippen molar-refractivity contribution in [3.8, 4) is 0 Å². The van der Waals surface area contributed by atoms with Crippen LogP contribution in [0.3, 0.4) is 0 Å². The summed E-state index contributed by atoms with van der Waals surface area (Å²) in [6.07, 6.45) is -0.775. The molecule has 0 saturated carbocycles. The first-order valence-electron chi connectivity index (χ1n) is 8.72. The molecular formula is C21H24N2O5. The summed E-state index contributed by atoms with van der Waals surface area (Å²) in [5, 5.41) is 1.31. The van der Waals surface area contributed by atoms with Gasteiger partial charge in [-0.15, -0.1) is 0 Å². The van der Waals surface area contributed by atoms with E-state index in [1.165, 1.54) is 12.1 Å². The van der Waals surface area contributed by atoms with Crippen LogP contribution in [-0.2, 0) is 16.1 Å². The maximum Gasteiger partial charge on any atom is 0.508 e. The van der Waals surface area contributed by atoms with Crippen molar-refractivity contribution < 1.29 is 23.9 Å². The highest BCUT2D eigenvalue weighted by Crippen LogP contribution is 2.17. The second-order valence-corrected chi connectivity index (χ2v) is 7.06. The fourth-order valence-electron chi connectivity index (χ4n) is 2.35. The molecule has 2 rings (SSSR count). The van der Waals surface area contributed by atoms with Gasteiger partial charge in [0.15, 0.2) is 0 Å². The van der Waals surface area contributed by atoms with Gasteiger partial charge in [-0.25, -0.2) is 9.80 Å². The third-order valence-corrected chi connectivity index (χ3v) is 3.85. The van der Waals surface area contributed by atoms with E-state index in [4.69, 9.17) is 4.74 Å². The Morgan fingerprint density at radius 2 is 1.54 bits per heavy atom. The third-order valence-electron chi connectivity index (χ3n) is 3.85. The maximum atomic E-state index is 13.0. The fourth-order valence-corrected chi connectivity index (χ4v) is 2.35. The Kier molecular flexibility index (Phi) is 6.76. The Morgan fingerprint density at radius 1 is 0.929 bits per heavy atom. The number of rotatable bonds is 4. The Bertz CT molecular complexity index is 826. The highest BCUT2D eigenvalue weighted by molar-refractivity contribution is 5.99. The predicted octanol–water partition coefficient (Wildman–Crippen LogP) is 3.56. The van der Waals surface area contributed by atoms with Gasteiger partial charge in [0, 0.05) is 11.1 Å². The number of hydrogen-bond donors (Lipinski definition) is 1. The molecule has 0 fully saturated rings. The van der Waals surface area contributed by atoms with E-state index in [2.05, 4.69) is 10.2 Å². The summed E-state index contributed by atoms with van der Waals surface area (Å²) < 4.78 is 9.28. The number of nitrogens with one attached hydrogen (secondary N) is 1. The Morgan fingerprint density at radius 3 is 2.07 bits per heavy atom. The van der Waals surface area contributed by atoms with Gasteiger partial charge in [0.05, 0.1) is 12.6 Å². The highest BCUT2D eigenvalue weighted by atomic mass is 16.7. The number of amides is 2. The molecule has 1 N–H and O–H groups in total. The van der Waals surface area contributed by atoms with Crippen molar-refractivity contribution in [1.29, 1.82) is 0 Å². The lowest BCUT2D eigenvalue weighted by molar-refractivity contribution is 0.0358. The topological polar surface area (TPSA) is 84.9 Å². The summed E-state index contributed by atoms with van der Waals surface area (Å²) in [6.45, 7) is 5.52. The lowest BCUT2D eigenvalue weighted by atomic mass is 10.1. The van der Waals surface area contributed by atoms with Gasteiger partial charge in [0.1, 0.15) is 6.61 Å². The molecule has 148 valence electrons. The molecule has 2 amide bonds. The van der Waals surface area contributed by atoms with Crippen molar-refractivity contribution >= 4 is 18.0 Å². The first kappa shape index (κ1) is 21.0. The van der Waals surface area contributed by atoms with Crippen LogP contribution in [0.1, 0.15) is 47.1 Å². The lowest BCUT2D eigenvalue weighted by Gasteiger charge is -2.35. The monoisotopic (exact) mass is 384 g/mol. The number of nitrogens with zero attached hydrogens (tertiary/aromatic N) is 1. The van der Waals surface area contributed by atoms with Gasteiger partial charge in [0.25, 0.3) is 11.8 Å². The molecule has 0 atom stereocenters. The third kappa shape index (κ3) is 5.57. The largest absolute Gasteiger partial charge is 0.508 e. The number of ether oxygens (including phenoxy) is 2. The molecule has 2 aromatic rings. The van der Waals surface area contributed by atoms with Crippen LogP contribution < -0.4 is 5.43 Å². The van der Waals surface area contributed by atoms with Gasteiger partial charge >= 0.3 is 6.16 Å². The Labute approximate surface area is 164 Å². The number of hydrazine groups is 1. The number of carbonyl (C=O) groups excluding carboxylic acids is 3. The maximum absolute atomic E-state index is 13.0. The molecule has 28 heavy (non-hydrogen) atoms. The smallest absolute Gasteiger partial charge is 0.438 e. The standard InChI is InChI=1S/C21H24N2O5/c1-21(2,3)23(22-18(24)16-8-6-5-7-9-16)19(25)17-12-10-15(11-13-17)14-28-20(26)27-4/h5-13H,14H2,1-4H3,(H,22,24). The fraction of sp³-hybridized carbons (Fsp3) is 0.286. The molecule has 0 heterocycles. The SMILES string of the molecule is COC(=O)OCc1ccc(C(=O)N(NC(=O)c2ccccc2)C(C)(C)C)cc1. The van der Waals surface area contributed by atoms with E-state index in [1.807, 2.05) is 26.8 Å². The van der Waals surface area contributed by atoms with Crippen LogP contribution in [0.4, 0.5) is 4.79 Å². The molecule has 0 spiro atoms. The number of methoxy groups -OCH3 is 1. The molecule has 0 bridgehead atoms. The molecule has 7 nitrogen and oxygen atoms in total. The lowest BCUT2D eigenvalue weighted by Crippen LogP contribution is -2.55. The van der Waals surface area contributed by atoms with Crippen molar-refractivity contribution in [3.63, 3.8) is 0 Å². The van der Waals surface area contributed by atoms with Crippen LogP contribution in [0, 0.1) is 0 Å². The number of carbonyl (C=O) groups is 3. The molecule has 0 saturated heterocycles. The summed E-state index contributed by atoms with van der Waals surface area (Å²) in [7, 11) is 1.23. The summed E-state index contributed by atoms with van der Waals surface area (Å²) >= 11 is 0. The average molecular weight is 384 g/mol. The molecular weight excluding hydrogens is 360 g/mol. The minimum atomic E-state index is -0.775. The molecule has 0 aliphatic rings. The quantitative estimate of drug-likeness (QED) is 0.644. The van der Waals surface area contributed by atoms with Gasteiger partial charge in [0.2, 0.25) is 0 Å². The second kappa shape index (κ2) is 9.03. The molecule has 7 heteroatoms. The van der Waals surface area contributed by atoms with Crippen LogP contribution in [-0.4, -0.2) is 35.6 Å². The van der Waals surface area contributed by atoms with Gasteiger partial charge in [-0.05, 0) is 50.6 Å². The van der Waals surface area contributed by atoms with E-state index in [-0.39, 0.29) is 18.4 Å². The summed E-state index contributed by atoms with van der Waals surface area (Å²) in [5.41, 5.74) is 3.61. The van der Waals surface area contributed by atoms with Crippen molar-refractivity contribution in [2.45, 2.75) is 32.9 Å². The summed E-state index contributed by atoms with van der Waals surface area (Å²) in [4.78, 5) is 36.5. The van der Waals surface area contributed by atoms with E-state index in [0.717, 1.165) is 0 Å². The van der Waals surface area contributed by atoms with Gasteiger partial charge < -0.3 is 9.47 Å². The number of hydrogen-bond acceptors (Lipinski definition) is 5. The summed E-state index contributed by atoms with van der Waals surface area (Å²) in [5.74, 6) is -0.718. The average Bonchev–Trinajstić information content (AvgIpc) is 2.69. The van der Waals surface area contributed by atoms with E-state index in [0.29, 0.717) is 16.7 Å². The molecule has 2 aromatic carbocycles. The van der Waals surface area contributed by atoms with E-state index >= 15 is 0 Å². The van der Waals surface area contributed by atoms with Crippen molar-refractivity contribution in [2.75, 3.05) is 7.11 Å². The van der Waals surface area contributed by atoms with Gasteiger partial charge in [-0.2, -0.15) is 0 Å². The van der Waals surface area contributed by atoms with Gasteiger partial charge in [-0.1, -0.05) is 30.3 Å². The van der Waals surface area contributed by atoms with Gasteiger partial charge in [-0.3, -0.25) is 15.0 Å². The molecule has 0 aromatic heterocycles. The predicted molar refractivity (Wildman–Crippen MR) is 103 cm³/mol. The van der Waals surface area contributed by atoms with E-state index in [9.17, 15) is 14.4 Å². The van der Waals surface area contributed by atoms with Crippen LogP contribution in [0.15, 0.2) is 54.6 Å². The minimum absolute atomic E-state index is 0.0366. The van der Waals surface area contributed by atoms with Crippen LogP contribution >= 0.6 is 0 Å². The molecule has 0 radical (unpaired) electrons. The Balaban J connectivity index is 2.14. The van der Waals surface area contributed by atoms with Crippen molar-refractivity contribution in [2.24, 2.45) is 0 Å². The molecule has 0 aliphatic heterocycles. The molecule has 0 unspecified atom stereocenters. The van der Waals surface area contributed by atoms with E-state index < -0.39 is 11.7 Å². The normalized spacial score (nSPS) is 10.7. The van der Waals surface area contributed by atoms with E-state index in [1.54, 1.807) is 48.5 Å². The van der Waals surface area contributed by atoms with Crippen molar-refractivity contribution in [3.05, 3.63) is 71.3 Å². The zero-order valence-electron chi connectivity index (χ0n) is 16.4. The first-order valence-corrected chi connectivity index (χ1v) is 8.72. The first-order chi connectivity index (χ1) is 13.2. The second-order valence-electron chi connectivity index (χ2n) is 7.06. The van der Waals surface area contributed by atoms with Crippen LogP contribution in [0.25, 0.3) is 0 Å².